The van der Waals surface area contributed by atoms with Crippen LogP contribution in [0.4, 0.5) is 13.2 Å². The second-order valence-electron chi connectivity index (χ2n) is 2.93. The predicted molar refractivity (Wildman–Crippen MR) is 54.3 cm³/mol. The highest BCUT2D eigenvalue weighted by molar-refractivity contribution is 8.00. The van der Waals surface area contributed by atoms with E-state index in [0.29, 0.717) is 5.56 Å². The van der Waals surface area contributed by atoms with Crippen LogP contribution in [-0.2, 0) is 0 Å². The number of hydrogen-bond acceptors (Lipinski definition) is 3. The molecule has 0 spiro atoms. The lowest BCUT2D eigenvalue weighted by molar-refractivity contribution is -0.0328. The van der Waals surface area contributed by atoms with Gasteiger partial charge in [0.2, 0.25) is 0 Å². The van der Waals surface area contributed by atoms with Gasteiger partial charge in [-0.15, -0.1) is 0 Å². The molecule has 0 fully saturated rings. The number of alkyl halides is 3. The Morgan fingerprint density at radius 1 is 1.27 bits per heavy atom. The summed E-state index contributed by atoms with van der Waals surface area (Å²) >= 11 is -0.164. The lowest BCUT2D eigenvalue weighted by Crippen LogP contribution is -2.21. The van der Waals surface area contributed by atoms with Gasteiger partial charge in [-0.1, -0.05) is 18.2 Å². The van der Waals surface area contributed by atoms with E-state index in [1.54, 1.807) is 18.2 Å². The van der Waals surface area contributed by atoms with Gasteiger partial charge in [0.25, 0.3) is 0 Å². The molecule has 0 aromatic heterocycles. The average molecular weight is 236 g/mol. The number of benzene rings is 1. The molecule has 6 heteroatoms. The normalized spacial score (nSPS) is 13.9. The zero-order valence-electron chi connectivity index (χ0n) is 7.79. The van der Waals surface area contributed by atoms with E-state index in [1.807, 2.05) is 0 Å². The number of thioether (sulfide) groups is 1. The summed E-state index contributed by atoms with van der Waals surface area (Å²) in [7, 11) is 0. The lowest BCUT2D eigenvalue weighted by atomic mass is 10.1. The van der Waals surface area contributed by atoms with Gasteiger partial charge in [-0.2, -0.15) is 13.2 Å². The van der Waals surface area contributed by atoms with Gasteiger partial charge in [0.15, 0.2) is 0 Å². The first-order chi connectivity index (χ1) is 6.94. The van der Waals surface area contributed by atoms with E-state index < -0.39 is 11.6 Å². The average Bonchev–Trinajstić information content (AvgIpc) is 2.15. The molecule has 1 aromatic rings. The van der Waals surface area contributed by atoms with Gasteiger partial charge < -0.3 is 11.5 Å². The summed E-state index contributed by atoms with van der Waals surface area (Å²) in [4.78, 5) is 0.114. The van der Waals surface area contributed by atoms with Crippen molar-refractivity contribution in [3.63, 3.8) is 0 Å². The van der Waals surface area contributed by atoms with Gasteiger partial charge in [0.1, 0.15) is 0 Å². The van der Waals surface area contributed by atoms with Crippen molar-refractivity contribution in [2.45, 2.75) is 16.4 Å². The number of halogens is 3. The van der Waals surface area contributed by atoms with Gasteiger partial charge in [0, 0.05) is 17.5 Å². The second kappa shape index (κ2) is 4.87. The monoisotopic (exact) mass is 236 g/mol. The van der Waals surface area contributed by atoms with Gasteiger partial charge in [-0.05, 0) is 23.4 Å². The van der Waals surface area contributed by atoms with Crippen molar-refractivity contribution in [2.75, 3.05) is 6.54 Å². The second-order valence-corrected chi connectivity index (χ2v) is 4.03. The fourth-order valence-electron chi connectivity index (χ4n) is 1.13. The third-order valence-electron chi connectivity index (χ3n) is 1.80. The largest absolute Gasteiger partial charge is 0.446 e. The molecule has 0 aliphatic heterocycles. The topological polar surface area (TPSA) is 52.0 Å². The summed E-state index contributed by atoms with van der Waals surface area (Å²) in [5.41, 5.74) is 7.06. The molecule has 0 amide bonds. The van der Waals surface area contributed by atoms with Crippen LogP contribution in [-0.4, -0.2) is 12.1 Å². The molecule has 4 N–H and O–H groups in total. The highest BCUT2D eigenvalue weighted by atomic mass is 32.2. The van der Waals surface area contributed by atoms with Crippen LogP contribution < -0.4 is 11.5 Å². The molecule has 1 aromatic carbocycles. The molecular weight excluding hydrogens is 225 g/mol. The summed E-state index contributed by atoms with van der Waals surface area (Å²) in [5, 5.41) is 0. The summed E-state index contributed by atoms with van der Waals surface area (Å²) in [6.45, 7) is 0.120. The standard InChI is InChI=1S/C9H11F3N2S/c10-9(11,12)15-8-4-2-1-3-6(8)7(14)5-13/h1-4,7H,5,13-14H2/t7-/m0/s1. The van der Waals surface area contributed by atoms with Gasteiger partial charge >= 0.3 is 5.51 Å². The van der Waals surface area contributed by atoms with E-state index in [0.717, 1.165) is 0 Å². The highest BCUT2D eigenvalue weighted by Gasteiger charge is 2.30. The van der Waals surface area contributed by atoms with Gasteiger partial charge in [-0.3, -0.25) is 0 Å². The quantitative estimate of drug-likeness (QED) is 0.791. The predicted octanol–water partition coefficient (Wildman–Crippen LogP) is 2.26. The molecule has 0 unspecified atom stereocenters. The Hall–Kier alpha value is -0.720. The maximum Gasteiger partial charge on any atom is 0.446 e. The molecule has 0 aliphatic carbocycles. The van der Waals surface area contributed by atoms with Crippen LogP contribution in [0.2, 0.25) is 0 Å². The van der Waals surface area contributed by atoms with E-state index >= 15 is 0 Å². The van der Waals surface area contributed by atoms with E-state index in [9.17, 15) is 13.2 Å². The molecule has 0 aliphatic rings. The Balaban J connectivity index is 2.96. The fourth-order valence-corrected chi connectivity index (χ4v) is 1.86. The Morgan fingerprint density at radius 3 is 2.40 bits per heavy atom. The van der Waals surface area contributed by atoms with E-state index in [2.05, 4.69) is 0 Å². The molecular formula is C9H11F3N2S. The molecule has 2 nitrogen and oxygen atoms in total. The minimum absolute atomic E-state index is 0.114. The van der Waals surface area contributed by atoms with E-state index in [4.69, 9.17) is 11.5 Å². The Morgan fingerprint density at radius 2 is 1.87 bits per heavy atom. The van der Waals surface area contributed by atoms with Crippen molar-refractivity contribution in [2.24, 2.45) is 11.5 Å². The minimum Gasteiger partial charge on any atom is -0.329 e. The molecule has 0 saturated carbocycles. The third-order valence-corrected chi connectivity index (χ3v) is 2.62. The van der Waals surface area contributed by atoms with E-state index in [-0.39, 0.29) is 23.2 Å². The van der Waals surface area contributed by atoms with Gasteiger partial charge in [-0.25, -0.2) is 0 Å². The first-order valence-corrected chi connectivity index (χ1v) is 5.06. The zero-order chi connectivity index (χ0) is 11.5. The zero-order valence-corrected chi connectivity index (χ0v) is 8.61. The smallest absolute Gasteiger partial charge is 0.329 e. The SMILES string of the molecule is NC[C@H](N)c1ccccc1SC(F)(F)F. The van der Waals surface area contributed by atoms with Crippen LogP contribution in [0.25, 0.3) is 0 Å². The first-order valence-electron chi connectivity index (χ1n) is 4.24. The van der Waals surface area contributed by atoms with Crippen molar-refractivity contribution < 1.29 is 13.2 Å². The maximum absolute atomic E-state index is 12.2. The summed E-state index contributed by atoms with van der Waals surface area (Å²) in [6.07, 6.45) is 0. The molecule has 84 valence electrons. The third kappa shape index (κ3) is 3.73. The Kier molecular flexibility index (Phi) is 4.01. The van der Waals surface area contributed by atoms with E-state index in [1.165, 1.54) is 6.07 Å². The van der Waals surface area contributed by atoms with Crippen molar-refractivity contribution in [1.82, 2.24) is 0 Å². The maximum atomic E-state index is 12.2. The molecule has 0 heterocycles. The van der Waals surface area contributed by atoms with Crippen LogP contribution in [0, 0.1) is 0 Å². The number of nitrogens with two attached hydrogens (primary N) is 2. The van der Waals surface area contributed by atoms with Crippen molar-refractivity contribution in [3.05, 3.63) is 29.8 Å². The summed E-state index contributed by atoms with van der Waals surface area (Å²) < 4.78 is 36.5. The van der Waals surface area contributed by atoms with Crippen molar-refractivity contribution in [3.8, 4) is 0 Å². The van der Waals surface area contributed by atoms with Crippen molar-refractivity contribution >= 4 is 11.8 Å². The van der Waals surface area contributed by atoms with Crippen LogP contribution in [0.1, 0.15) is 11.6 Å². The van der Waals surface area contributed by atoms with Crippen molar-refractivity contribution in [1.29, 1.82) is 0 Å². The van der Waals surface area contributed by atoms with Gasteiger partial charge in [0.05, 0.1) is 0 Å². The van der Waals surface area contributed by atoms with Crippen LogP contribution in [0.3, 0.4) is 0 Å². The minimum atomic E-state index is -4.30. The van der Waals surface area contributed by atoms with Crippen LogP contribution in [0.15, 0.2) is 29.2 Å². The van der Waals surface area contributed by atoms with Crippen LogP contribution >= 0.6 is 11.8 Å². The summed E-state index contributed by atoms with van der Waals surface area (Å²) in [5.74, 6) is 0. The highest BCUT2D eigenvalue weighted by Crippen LogP contribution is 2.39. The fraction of sp³-hybridized carbons (Fsp3) is 0.333. The number of rotatable bonds is 3. The van der Waals surface area contributed by atoms with Crippen LogP contribution in [0.5, 0.6) is 0 Å². The molecule has 0 saturated heterocycles. The molecule has 0 radical (unpaired) electrons. The Bertz CT molecular complexity index is 327. The molecule has 15 heavy (non-hydrogen) atoms. The lowest BCUT2D eigenvalue weighted by Gasteiger charge is -2.15. The summed E-state index contributed by atoms with van der Waals surface area (Å²) in [6, 6.07) is 5.58. The molecule has 0 bridgehead atoms. The first kappa shape index (κ1) is 12.4. The number of hydrogen-bond donors (Lipinski definition) is 2. The molecule has 1 atom stereocenters. The molecule has 1 rings (SSSR count). The Labute approximate surface area is 89.8 Å².